The van der Waals surface area contributed by atoms with Crippen LogP contribution in [0.25, 0.3) is 0 Å². The second-order valence-corrected chi connectivity index (χ2v) is 5.44. The third-order valence-corrected chi connectivity index (χ3v) is 4.49. The van der Waals surface area contributed by atoms with Gasteiger partial charge in [0.25, 0.3) is 5.91 Å². The van der Waals surface area contributed by atoms with Gasteiger partial charge in [-0.25, -0.2) is 4.98 Å². The normalized spacial score (nSPS) is 17.9. The Hall–Kier alpha value is -1.04. The second-order valence-electron chi connectivity index (χ2n) is 4.17. The van der Waals surface area contributed by atoms with Gasteiger partial charge < -0.3 is 5.32 Å². The summed E-state index contributed by atoms with van der Waals surface area (Å²) in [5.74, 6) is 0.700. The zero-order valence-electron chi connectivity index (χ0n) is 9.54. The quantitative estimate of drug-likeness (QED) is 0.827. The number of carbonyl (C=O) groups excluding carboxylic acids is 1. The van der Waals surface area contributed by atoms with E-state index in [2.05, 4.69) is 26.8 Å². The predicted octanol–water partition coefficient (Wildman–Crippen LogP) is 1.13. The number of aromatic nitrogens is 3. The summed E-state index contributed by atoms with van der Waals surface area (Å²) >= 11 is 1.84. The van der Waals surface area contributed by atoms with Crippen molar-refractivity contribution in [3.8, 4) is 0 Å². The molecule has 6 heteroatoms. The fraction of sp³-hybridized carbons (Fsp3) is 0.700. The first-order valence-electron chi connectivity index (χ1n) is 5.38. The molecule has 1 aromatic heterocycles. The maximum absolute atomic E-state index is 11.7. The SMILES string of the molecule is CSC1(CNC(=O)c2n[nH]c(C)n2)CCC1. The monoisotopic (exact) mass is 240 g/mol. The molecule has 1 heterocycles. The van der Waals surface area contributed by atoms with Crippen molar-refractivity contribution in [1.82, 2.24) is 20.5 Å². The van der Waals surface area contributed by atoms with Crippen LogP contribution in [-0.2, 0) is 0 Å². The summed E-state index contributed by atoms with van der Waals surface area (Å²) in [4.78, 5) is 15.7. The van der Waals surface area contributed by atoms with Gasteiger partial charge in [-0.1, -0.05) is 6.42 Å². The molecular weight excluding hydrogens is 224 g/mol. The average molecular weight is 240 g/mol. The van der Waals surface area contributed by atoms with Crippen molar-refractivity contribution in [3.63, 3.8) is 0 Å². The number of rotatable bonds is 4. The van der Waals surface area contributed by atoms with Gasteiger partial charge in [0.15, 0.2) is 0 Å². The molecule has 0 aliphatic heterocycles. The van der Waals surface area contributed by atoms with Gasteiger partial charge in [-0.05, 0) is 26.0 Å². The number of nitrogens with zero attached hydrogens (tertiary/aromatic N) is 2. The van der Waals surface area contributed by atoms with E-state index in [1.165, 1.54) is 19.3 Å². The van der Waals surface area contributed by atoms with Crippen LogP contribution in [0.2, 0.25) is 0 Å². The van der Waals surface area contributed by atoms with Gasteiger partial charge in [0.1, 0.15) is 5.82 Å². The van der Waals surface area contributed by atoms with E-state index >= 15 is 0 Å². The number of hydrogen-bond acceptors (Lipinski definition) is 4. The maximum Gasteiger partial charge on any atom is 0.291 e. The van der Waals surface area contributed by atoms with Gasteiger partial charge in [-0.15, -0.1) is 5.10 Å². The Morgan fingerprint density at radius 2 is 2.38 bits per heavy atom. The van der Waals surface area contributed by atoms with Crippen molar-refractivity contribution in [2.45, 2.75) is 30.9 Å². The molecule has 0 atom stereocenters. The Kier molecular flexibility index (Phi) is 3.18. The Morgan fingerprint density at radius 3 is 2.81 bits per heavy atom. The number of H-pyrrole nitrogens is 1. The molecule has 16 heavy (non-hydrogen) atoms. The number of hydrogen-bond donors (Lipinski definition) is 2. The highest BCUT2D eigenvalue weighted by Gasteiger charge is 2.36. The fourth-order valence-corrected chi connectivity index (χ4v) is 2.70. The number of nitrogens with one attached hydrogen (secondary N) is 2. The van der Waals surface area contributed by atoms with E-state index < -0.39 is 0 Å². The number of aromatic amines is 1. The Bertz CT molecular complexity index is 380. The maximum atomic E-state index is 11.7. The molecule has 0 saturated heterocycles. The number of aryl methyl sites for hydroxylation is 1. The lowest BCUT2D eigenvalue weighted by Crippen LogP contribution is -2.45. The Balaban J connectivity index is 1.88. The van der Waals surface area contributed by atoms with Crippen LogP contribution in [0.1, 0.15) is 35.7 Å². The van der Waals surface area contributed by atoms with Crippen LogP contribution in [0, 0.1) is 6.92 Å². The molecule has 1 aliphatic rings. The minimum Gasteiger partial charge on any atom is -0.348 e. The lowest BCUT2D eigenvalue weighted by atomic mass is 9.84. The van der Waals surface area contributed by atoms with E-state index in [1.54, 1.807) is 6.92 Å². The number of amides is 1. The first kappa shape index (κ1) is 11.4. The molecule has 5 nitrogen and oxygen atoms in total. The van der Waals surface area contributed by atoms with Crippen molar-refractivity contribution in [3.05, 3.63) is 11.6 Å². The zero-order chi connectivity index (χ0) is 11.6. The molecular formula is C10H16N4OS. The summed E-state index contributed by atoms with van der Waals surface area (Å²) in [5.41, 5.74) is 0. The van der Waals surface area contributed by atoms with Crippen LogP contribution < -0.4 is 5.32 Å². The smallest absolute Gasteiger partial charge is 0.291 e. The molecule has 0 aromatic carbocycles. The summed E-state index contributed by atoms with van der Waals surface area (Å²) in [6.45, 7) is 2.49. The van der Waals surface area contributed by atoms with E-state index in [1.807, 2.05) is 11.8 Å². The number of thioether (sulfide) groups is 1. The highest BCUT2D eigenvalue weighted by atomic mass is 32.2. The van der Waals surface area contributed by atoms with Crippen LogP contribution in [-0.4, -0.2) is 38.6 Å². The van der Waals surface area contributed by atoms with Gasteiger partial charge >= 0.3 is 0 Å². The molecule has 1 aromatic rings. The van der Waals surface area contributed by atoms with Crippen molar-refractivity contribution in [1.29, 1.82) is 0 Å². The summed E-state index contributed by atoms with van der Waals surface area (Å²) in [6.07, 6.45) is 5.72. The molecule has 2 N–H and O–H groups in total. The highest BCUT2D eigenvalue weighted by molar-refractivity contribution is 8.00. The molecule has 1 fully saturated rings. The minimum absolute atomic E-state index is 0.190. The van der Waals surface area contributed by atoms with Crippen molar-refractivity contribution < 1.29 is 4.79 Å². The first-order valence-corrected chi connectivity index (χ1v) is 6.60. The fourth-order valence-electron chi connectivity index (χ4n) is 1.79. The van der Waals surface area contributed by atoms with Gasteiger partial charge in [0, 0.05) is 11.3 Å². The van der Waals surface area contributed by atoms with Crippen molar-refractivity contribution in [2.24, 2.45) is 0 Å². The van der Waals surface area contributed by atoms with Crippen LogP contribution in [0.15, 0.2) is 0 Å². The molecule has 0 unspecified atom stereocenters. The molecule has 88 valence electrons. The molecule has 2 rings (SSSR count). The molecule has 0 spiro atoms. The molecule has 1 amide bonds. The third kappa shape index (κ3) is 2.21. The number of carbonyl (C=O) groups is 1. The Morgan fingerprint density at radius 1 is 1.62 bits per heavy atom. The van der Waals surface area contributed by atoms with Gasteiger partial charge in [-0.3, -0.25) is 9.89 Å². The van der Waals surface area contributed by atoms with Gasteiger partial charge in [0.05, 0.1) is 0 Å². The standard InChI is InChI=1S/C10H16N4OS/c1-7-12-8(14-13-7)9(15)11-6-10(16-2)4-3-5-10/h3-6H2,1-2H3,(H,11,15)(H,12,13,14). The van der Waals surface area contributed by atoms with Crippen molar-refractivity contribution >= 4 is 17.7 Å². The average Bonchev–Trinajstić information content (AvgIpc) is 2.64. The zero-order valence-corrected chi connectivity index (χ0v) is 10.4. The highest BCUT2D eigenvalue weighted by Crippen LogP contribution is 2.42. The molecule has 1 saturated carbocycles. The van der Waals surface area contributed by atoms with Crippen LogP contribution in [0.4, 0.5) is 0 Å². The van der Waals surface area contributed by atoms with Crippen LogP contribution >= 0.6 is 11.8 Å². The second kappa shape index (κ2) is 4.45. The first-order chi connectivity index (χ1) is 7.65. The lowest BCUT2D eigenvalue weighted by Gasteiger charge is -2.40. The van der Waals surface area contributed by atoms with Crippen molar-refractivity contribution in [2.75, 3.05) is 12.8 Å². The topological polar surface area (TPSA) is 70.7 Å². The summed E-state index contributed by atoms with van der Waals surface area (Å²) < 4.78 is 0.251. The summed E-state index contributed by atoms with van der Waals surface area (Å²) in [5, 5.41) is 9.39. The largest absolute Gasteiger partial charge is 0.348 e. The Labute approximate surface area is 98.8 Å². The van der Waals surface area contributed by atoms with E-state index in [9.17, 15) is 4.79 Å². The van der Waals surface area contributed by atoms with E-state index in [0.717, 1.165) is 0 Å². The van der Waals surface area contributed by atoms with Gasteiger partial charge in [0.2, 0.25) is 5.82 Å². The minimum atomic E-state index is -0.190. The third-order valence-electron chi connectivity index (χ3n) is 3.07. The van der Waals surface area contributed by atoms with E-state index in [-0.39, 0.29) is 16.5 Å². The molecule has 0 bridgehead atoms. The summed E-state index contributed by atoms with van der Waals surface area (Å²) in [7, 11) is 0. The van der Waals surface area contributed by atoms with Gasteiger partial charge in [-0.2, -0.15) is 11.8 Å². The van der Waals surface area contributed by atoms with E-state index in [4.69, 9.17) is 0 Å². The predicted molar refractivity (Wildman–Crippen MR) is 63.5 cm³/mol. The summed E-state index contributed by atoms with van der Waals surface area (Å²) in [6, 6.07) is 0. The van der Waals surface area contributed by atoms with E-state index in [0.29, 0.717) is 12.4 Å². The molecule has 0 radical (unpaired) electrons. The van der Waals surface area contributed by atoms with Crippen LogP contribution in [0.5, 0.6) is 0 Å². The van der Waals surface area contributed by atoms with Crippen LogP contribution in [0.3, 0.4) is 0 Å². The lowest BCUT2D eigenvalue weighted by molar-refractivity contribution is 0.0934. The molecule has 1 aliphatic carbocycles.